The van der Waals surface area contributed by atoms with Crippen molar-refractivity contribution in [1.29, 1.82) is 0 Å². The van der Waals surface area contributed by atoms with Gasteiger partial charge in [-0.25, -0.2) is 0 Å². The van der Waals surface area contributed by atoms with Crippen molar-refractivity contribution >= 4 is 11.6 Å². The number of hydrogen-bond donors (Lipinski definition) is 2. The van der Waals surface area contributed by atoms with Crippen LogP contribution in [0.1, 0.15) is 48.0 Å². The Kier molecular flexibility index (Phi) is 2.62. The standard InChI is InChI=1S/C20H21NO5/c22-12-4-3-11-14-16(12)26-18-13(23)5-6-20(25)17(15(11)24)21(9-10-1-2-10)8-7-19(14,18)20/h3-4,10,17-18,22,25H,1-2,5-9H2/t17?,18-,19?,20+/m0/s1. The van der Waals surface area contributed by atoms with Gasteiger partial charge in [-0.05, 0) is 43.7 Å². The third kappa shape index (κ3) is 1.49. The quantitative estimate of drug-likeness (QED) is 0.828. The summed E-state index contributed by atoms with van der Waals surface area (Å²) in [7, 11) is 0. The summed E-state index contributed by atoms with van der Waals surface area (Å²) >= 11 is 0. The molecule has 4 atom stereocenters. The summed E-state index contributed by atoms with van der Waals surface area (Å²) in [6.45, 7) is 1.49. The minimum Gasteiger partial charge on any atom is -0.504 e. The van der Waals surface area contributed by atoms with E-state index in [0.29, 0.717) is 30.0 Å². The predicted octanol–water partition coefficient (Wildman–Crippen LogP) is 1.17. The molecule has 1 aromatic carbocycles. The number of hydrogen-bond acceptors (Lipinski definition) is 6. The molecule has 1 spiro atoms. The fourth-order valence-electron chi connectivity index (χ4n) is 6.10. The maximum Gasteiger partial charge on any atom is 0.183 e. The zero-order chi connectivity index (χ0) is 17.8. The molecule has 0 amide bonds. The minimum absolute atomic E-state index is 0.0417. The maximum atomic E-state index is 13.4. The lowest BCUT2D eigenvalue weighted by Gasteiger charge is -2.61. The van der Waals surface area contributed by atoms with Gasteiger partial charge in [0.15, 0.2) is 29.2 Å². The van der Waals surface area contributed by atoms with Crippen molar-refractivity contribution in [2.45, 2.75) is 55.3 Å². The van der Waals surface area contributed by atoms with E-state index in [1.54, 1.807) is 6.07 Å². The van der Waals surface area contributed by atoms with Crippen molar-refractivity contribution < 1.29 is 24.5 Å². The van der Waals surface area contributed by atoms with Crippen LogP contribution < -0.4 is 4.74 Å². The number of ether oxygens (including phenoxy) is 1. The molecule has 0 aromatic heterocycles. The van der Waals surface area contributed by atoms with E-state index in [9.17, 15) is 19.8 Å². The molecule has 2 unspecified atom stereocenters. The van der Waals surface area contributed by atoms with Crippen LogP contribution >= 0.6 is 0 Å². The van der Waals surface area contributed by atoms with Crippen LogP contribution in [0.5, 0.6) is 11.5 Å². The van der Waals surface area contributed by atoms with Crippen molar-refractivity contribution in [3.8, 4) is 11.5 Å². The third-order valence-electron chi connectivity index (χ3n) is 7.40. The van der Waals surface area contributed by atoms with Gasteiger partial charge < -0.3 is 14.9 Å². The van der Waals surface area contributed by atoms with Crippen LogP contribution in [0.3, 0.4) is 0 Å². The summed E-state index contributed by atoms with van der Waals surface area (Å²) in [6.07, 6.45) is 2.60. The van der Waals surface area contributed by atoms with Crippen LogP contribution in [0.4, 0.5) is 0 Å². The number of aliphatic hydroxyl groups is 1. The lowest BCUT2D eigenvalue weighted by molar-refractivity contribution is -0.178. The van der Waals surface area contributed by atoms with Crippen LogP contribution in [-0.2, 0) is 10.2 Å². The van der Waals surface area contributed by atoms with Gasteiger partial charge in [0.05, 0.1) is 5.41 Å². The Morgan fingerprint density at radius 3 is 2.81 bits per heavy atom. The van der Waals surface area contributed by atoms with E-state index < -0.39 is 23.2 Å². The van der Waals surface area contributed by atoms with E-state index in [4.69, 9.17) is 4.74 Å². The summed E-state index contributed by atoms with van der Waals surface area (Å²) in [4.78, 5) is 28.3. The first-order valence-electron chi connectivity index (χ1n) is 9.54. The summed E-state index contributed by atoms with van der Waals surface area (Å²) in [5.41, 5.74) is -1.15. The van der Waals surface area contributed by atoms with Crippen LogP contribution in [0, 0.1) is 5.92 Å². The SMILES string of the molecule is O=C1c2ccc(O)c3c2C24CCN(CC5CC5)C1[C@]2(O)CCC(=O)[C@@H]4O3. The second kappa shape index (κ2) is 4.49. The predicted molar refractivity (Wildman–Crippen MR) is 90.4 cm³/mol. The molecular formula is C20H21NO5. The molecular weight excluding hydrogens is 334 g/mol. The van der Waals surface area contributed by atoms with Gasteiger partial charge in [-0.15, -0.1) is 0 Å². The Morgan fingerprint density at radius 1 is 1.23 bits per heavy atom. The van der Waals surface area contributed by atoms with E-state index in [2.05, 4.69) is 4.90 Å². The van der Waals surface area contributed by atoms with E-state index in [1.165, 1.54) is 18.9 Å². The molecule has 1 aromatic rings. The molecule has 2 saturated carbocycles. The summed E-state index contributed by atoms with van der Waals surface area (Å²) < 4.78 is 5.93. The lowest BCUT2D eigenvalue weighted by atomic mass is 9.48. The smallest absolute Gasteiger partial charge is 0.183 e. The highest BCUT2D eigenvalue weighted by molar-refractivity contribution is 6.07. The summed E-state index contributed by atoms with van der Waals surface area (Å²) in [6, 6.07) is 2.48. The van der Waals surface area contributed by atoms with Gasteiger partial charge in [-0.2, -0.15) is 0 Å². The van der Waals surface area contributed by atoms with Crippen molar-refractivity contribution in [2.75, 3.05) is 13.1 Å². The zero-order valence-electron chi connectivity index (χ0n) is 14.4. The van der Waals surface area contributed by atoms with E-state index >= 15 is 0 Å². The van der Waals surface area contributed by atoms with Gasteiger partial charge in [0.1, 0.15) is 11.6 Å². The van der Waals surface area contributed by atoms with Crippen LogP contribution in [0.15, 0.2) is 12.1 Å². The van der Waals surface area contributed by atoms with Gasteiger partial charge >= 0.3 is 0 Å². The first kappa shape index (κ1) is 15.2. The topological polar surface area (TPSA) is 87.1 Å². The van der Waals surface area contributed by atoms with Crippen molar-refractivity contribution in [3.05, 3.63) is 23.3 Å². The average molecular weight is 355 g/mol. The average Bonchev–Trinajstić information content (AvgIpc) is 3.35. The van der Waals surface area contributed by atoms with Gasteiger partial charge in [-0.1, -0.05) is 0 Å². The molecule has 26 heavy (non-hydrogen) atoms. The Labute approximate surface area is 150 Å². The van der Waals surface area contributed by atoms with Crippen LogP contribution in [0.25, 0.3) is 0 Å². The number of Topliss-reactive ketones (excluding diaryl/α,β-unsaturated/α-hetero) is 2. The molecule has 1 saturated heterocycles. The largest absolute Gasteiger partial charge is 0.504 e. The molecule has 6 rings (SSSR count). The number of nitrogens with zero attached hydrogens (tertiary/aromatic N) is 1. The molecule has 3 fully saturated rings. The maximum absolute atomic E-state index is 13.4. The molecule has 2 bridgehead atoms. The molecule has 3 aliphatic carbocycles. The fraction of sp³-hybridized carbons (Fsp3) is 0.600. The number of carbonyl (C=O) groups excluding carboxylic acids is 2. The first-order chi connectivity index (χ1) is 12.5. The fourth-order valence-corrected chi connectivity index (χ4v) is 6.10. The number of ketones is 2. The highest BCUT2D eigenvalue weighted by atomic mass is 16.5. The number of aromatic hydroxyl groups is 1. The molecule has 0 radical (unpaired) electrons. The molecule has 2 heterocycles. The number of rotatable bonds is 2. The molecule has 5 aliphatic rings. The minimum atomic E-state index is -1.32. The Bertz CT molecular complexity index is 877. The van der Waals surface area contributed by atoms with Crippen LogP contribution in [0.2, 0.25) is 0 Å². The number of likely N-dealkylation sites (tertiary alicyclic amines) is 1. The van der Waals surface area contributed by atoms with Gasteiger partial charge in [0.2, 0.25) is 0 Å². The highest BCUT2D eigenvalue weighted by Crippen LogP contribution is 2.64. The van der Waals surface area contributed by atoms with Crippen LogP contribution in [-0.4, -0.2) is 57.5 Å². The zero-order valence-corrected chi connectivity index (χ0v) is 14.4. The number of benzene rings is 1. The monoisotopic (exact) mass is 355 g/mol. The second-order valence-electron chi connectivity index (χ2n) is 8.65. The normalized spacial score (nSPS) is 40.3. The molecule has 6 nitrogen and oxygen atoms in total. The Morgan fingerprint density at radius 2 is 2.04 bits per heavy atom. The van der Waals surface area contributed by atoms with Crippen molar-refractivity contribution in [2.24, 2.45) is 5.92 Å². The van der Waals surface area contributed by atoms with Gasteiger partial charge in [-0.3, -0.25) is 14.5 Å². The van der Waals surface area contributed by atoms with E-state index in [0.717, 1.165) is 6.54 Å². The van der Waals surface area contributed by atoms with Crippen molar-refractivity contribution in [3.63, 3.8) is 0 Å². The van der Waals surface area contributed by atoms with E-state index in [-0.39, 0.29) is 35.9 Å². The van der Waals surface area contributed by atoms with Gasteiger partial charge in [0.25, 0.3) is 0 Å². The number of carbonyl (C=O) groups is 2. The number of phenolic OH excluding ortho intramolecular Hbond substituents is 1. The Balaban J connectivity index is 1.63. The number of phenols is 1. The lowest BCUT2D eigenvalue weighted by Crippen LogP contribution is -2.78. The number of piperidine rings is 1. The molecule has 2 N–H and O–H groups in total. The van der Waals surface area contributed by atoms with Gasteiger partial charge in [0, 0.05) is 30.6 Å². The molecule has 136 valence electrons. The van der Waals surface area contributed by atoms with Crippen molar-refractivity contribution in [1.82, 2.24) is 4.90 Å². The Hall–Kier alpha value is -1.92. The molecule has 2 aliphatic heterocycles. The third-order valence-corrected chi connectivity index (χ3v) is 7.40. The summed E-state index contributed by atoms with van der Waals surface area (Å²) in [5, 5.41) is 22.2. The van der Waals surface area contributed by atoms with E-state index in [1.807, 2.05) is 0 Å². The highest BCUT2D eigenvalue weighted by Gasteiger charge is 2.75. The molecule has 6 heteroatoms. The summed E-state index contributed by atoms with van der Waals surface area (Å²) in [5.74, 6) is 0.634. The first-order valence-corrected chi connectivity index (χ1v) is 9.54. The second-order valence-corrected chi connectivity index (χ2v) is 8.65.